The van der Waals surface area contributed by atoms with Crippen LogP contribution in [0.5, 0.6) is 0 Å². The Labute approximate surface area is 204 Å². The highest BCUT2D eigenvalue weighted by atomic mass is 15.0. The van der Waals surface area contributed by atoms with E-state index in [2.05, 4.69) is 113 Å². The smallest absolute Gasteiger partial charge is 0.333 e. The SMILES string of the molecule is C=CC1=c2c(=C)c3ccccc3n2-c2cccc3c2B1n1c2ccccc2c2cccc-3c21.CC. The predicted molar refractivity (Wildman–Crippen MR) is 152 cm³/mol. The maximum absolute atomic E-state index is 4.55. The van der Waals surface area contributed by atoms with Crippen molar-refractivity contribution in [3.8, 4) is 16.8 Å². The van der Waals surface area contributed by atoms with Gasteiger partial charge in [0.05, 0.1) is 10.9 Å². The molecule has 0 saturated carbocycles. The van der Waals surface area contributed by atoms with Gasteiger partial charge in [-0.2, -0.15) is 0 Å². The number of fused-ring (bicyclic) bond motifs is 9. The Morgan fingerprint density at radius 3 is 2.17 bits per heavy atom. The fourth-order valence-electron chi connectivity index (χ4n) is 6.43. The molecule has 8 rings (SSSR count). The Hall–Kier alpha value is -4.24. The zero-order valence-corrected chi connectivity index (χ0v) is 20.0. The van der Waals surface area contributed by atoms with Gasteiger partial charge in [0.2, 0.25) is 0 Å². The molecule has 0 fully saturated rings. The third kappa shape index (κ3) is 2.31. The van der Waals surface area contributed by atoms with Gasteiger partial charge in [0.25, 0.3) is 0 Å². The van der Waals surface area contributed by atoms with Crippen LogP contribution in [0.4, 0.5) is 0 Å². The molecule has 0 aliphatic carbocycles. The maximum Gasteiger partial charge on any atom is 0.333 e. The zero-order chi connectivity index (χ0) is 23.8. The summed E-state index contributed by atoms with van der Waals surface area (Å²) in [5.41, 5.74) is 10.2. The molecule has 2 aliphatic heterocycles. The first kappa shape index (κ1) is 20.2. The van der Waals surface area contributed by atoms with Gasteiger partial charge < -0.3 is 9.05 Å². The van der Waals surface area contributed by atoms with Crippen molar-refractivity contribution < 1.29 is 0 Å². The molecule has 0 N–H and O–H groups in total. The summed E-state index contributed by atoms with van der Waals surface area (Å²) in [4.78, 5) is 0. The van der Waals surface area contributed by atoms with Crippen LogP contribution in [0, 0.1) is 0 Å². The molecule has 0 amide bonds. The number of allylic oxidation sites excluding steroid dienone is 1. The number of benzene rings is 4. The van der Waals surface area contributed by atoms with E-state index in [1.165, 1.54) is 65.8 Å². The van der Waals surface area contributed by atoms with E-state index in [0.717, 1.165) is 5.22 Å². The van der Waals surface area contributed by atoms with Crippen LogP contribution in [0.1, 0.15) is 13.8 Å². The first-order valence-corrected chi connectivity index (χ1v) is 12.4. The number of hydrogen-bond donors (Lipinski definition) is 0. The molecule has 2 aliphatic rings. The van der Waals surface area contributed by atoms with Crippen molar-refractivity contribution in [3.05, 3.63) is 108 Å². The molecule has 2 nitrogen and oxygen atoms in total. The second kappa shape index (κ2) is 7.13. The largest absolute Gasteiger partial charge is 0.375 e. The summed E-state index contributed by atoms with van der Waals surface area (Å²) in [7, 11) is 0. The molecular formula is C32H25BN2. The minimum atomic E-state index is 0.0586. The van der Waals surface area contributed by atoms with E-state index in [1.54, 1.807) is 0 Å². The molecule has 35 heavy (non-hydrogen) atoms. The first-order valence-electron chi connectivity index (χ1n) is 12.4. The van der Waals surface area contributed by atoms with Gasteiger partial charge in [0, 0.05) is 43.7 Å². The molecule has 6 aromatic rings. The molecule has 4 aromatic carbocycles. The summed E-state index contributed by atoms with van der Waals surface area (Å²) in [6, 6.07) is 30.8. The van der Waals surface area contributed by atoms with Gasteiger partial charge in [-0.15, -0.1) is 0 Å². The second-order valence-electron chi connectivity index (χ2n) is 9.07. The van der Waals surface area contributed by atoms with Gasteiger partial charge in [-0.25, -0.2) is 0 Å². The average molecular weight is 448 g/mol. The minimum absolute atomic E-state index is 0.0586. The number of hydrogen-bond acceptors (Lipinski definition) is 0. The van der Waals surface area contributed by atoms with Crippen molar-refractivity contribution in [2.24, 2.45) is 0 Å². The van der Waals surface area contributed by atoms with Crippen molar-refractivity contribution in [1.29, 1.82) is 0 Å². The number of aromatic nitrogens is 2. The molecule has 4 heterocycles. The highest BCUT2D eigenvalue weighted by Crippen LogP contribution is 2.41. The van der Waals surface area contributed by atoms with Crippen LogP contribution in [-0.4, -0.2) is 15.9 Å². The Morgan fingerprint density at radius 1 is 0.714 bits per heavy atom. The predicted octanol–water partition coefficient (Wildman–Crippen LogP) is 5.79. The Bertz CT molecular complexity index is 1970. The van der Waals surface area contributed by atoms with Gasteiger partial charge >= 0.3 is 6.85 Å². The lowest BCUT2D eigenvalue weighted by molar-refractivity contribution is 1.06. The Balaban J connectivity index is 0.00000103. The van der Waals surface area contributed by atoms with Crippen LogP contribution < -0.4 is 16.0 Å². The standard InChI is InChI=1S/C30H19BN2.C2H6/c1-3-24-29-18(2)19-10-4-6-15-25(19)32(29)27-17-9-12-21-23-14-8-13-22-20-11-5-7-16-26(20)33(30(22)23)31(24)28(21)27;1-2/h3-17H,1-2H2;1-2H3. The molecule has 0 atom stereocenters. The van der Waals surface area contributed by atoms with Crippen LogP contribution in [0.3, 0.4) is 0 Å². The van der Waals surface area contributed by atoms with Gasteiger partial charge in [-0.1, -0.05) is 99.8 Å². The van der Waals surface area contributed by atoms with Crippen molar-refractivity contribution in [1.82, 2.24) is 9.05 Å². The summed E-state index contributed by atoms with van der Waals surface area (Å²) in [5, 5.41) is 6.05. The van der Waals surface area contributed by atoms with E-state index >= 15 is 0 Å². The van der Waals surface area contributed by atoms with Crippen molar-refractivity contribution in [3.63, 3.8) is 0 Å². The summed E-state index contributed by atoms with van der Waals surface area (Å²) in [6.07, 6.45) is 2.05. The van der Waals surface area contributed by atoms with Crippen LogP contribution in [0.15, 0.2) is 97.6 Å². The number of nitrogens with zero attached hydrogens (tertiary/aromatic N) is 2. The van der Waals surface area contributed by atoms with Gasteiger partial charge in [0.1, 0.15) is 0 Å². The summed E-state index contributed by atoms with van der Waals surface area (Å²) in [5.74, 6) is 0. The third-order valence-electron chi connectivity index (χ3n) is 7.64. The molecule has 166 valence electrons. The van der Waals surface area contributed by atoms with E-state index in [4.69, 9.17) is 0 Å². The lowest BCUT2D eigenvalue weighted by atomic mass is 9.45. The molecule has 0 saturated heterocycles. The van der Waals surface area contributed by atoms with Crippen molar-refractivity contribution in [2.45, 2.75) is 13.8 Å². The second-order valence-corrected chi connectivity index (χ2v) is 9.07. The monoisotopic (exact) mass is 448 g/mol. The normalized spacial score (nSPS) is 13.0. The lowest BCUT2D eigenvalue weighted by Gasteiger charge is -2.33. The van der Waals surface area contributed by atoms with Crippen LogP contribution in [0.25, 0.3) is 61.6 Å². The summed E-state index contributed by atoms with van der Waals surface area (Å²) in [6.45, 7) is 12.9. The highest BCUT2D eigenvalue weighted by Gasteiger charge is 2.40. The molecule has 0 radical (unpaired) electrons. The first-order chi connectivity index (χ1) is 17.3. The van der Waals surface area contributed by atoms with E-state index in [-0.39, 0.29) is 6.85 Å². The van der Waals surface area contributed by atoms with Gasteiger partial charge in [-0.3, -0.25) is 0 Å². The summed E-state index contributed by atoms with van der Waals surface area (Å²) < 4.78 is 4.95. The van der Waals surface area contributed by atoms with Crippen LogP contribution in [0.2, 0.25) is 0 Å². The molecule has 2 aromatic heterocycles. The van der Waals surface area contributed by atoms with Crippen LogP contribution in [-0.2, 0) is 0 Å². The van der Waals surface area contributed by atoms with Gasteiger partial charge in [0.15, 0.2) is 0 Å². The molecular weight excluding hydrogens is 423 g/mol. The van der Waals surface area contributed by atoms with E-state index in [0.29, 0.717) is 0 Å². The Kier molecular flexibility index (Phi) is 4.11. The lowest BCUT2D eigenvalue weighted by Crippen LogP contribution is -2.53. The fraction of sp³-hybridized carbons (Fsp3) is 0.0625. The average Bonchev–Trinajstić information content (AvgIpc) is 3.42. The zero-order valence-electron chi connectivity index (χ0n) is 20.0. The number of rotatable bonds is 1. The molecule has 0 bridgehead atoms. The Morgan fingerprint density at radius 2 is 1.37 bits per heavy atom. The van der Waals surface area contributed by atoms with Crippen molar-refractivity contribution in [2.75, 3.05) is 0 Å². The molecule has 3 heteroatoms. The van der Waals surface area contributed by atoms with Crippen molar-refractivity contribution >= 4 is 57.1 Å². The highest BCUT2D eigenvalue weighted by molar-refractivity contribution is 6.92. The van der Waals surface area contributed by atoms with Crippen LogP contribution >= 0.6 is 0 Å². The van der Waals surface area contributed by atoms with Gasteiger partial charge in [-0.05, 0) is 34.7 Å². The fourth-order valence-corrected chi connectivity index (χ4v) is 6.43. The van der Waals surface area contributed by atoms with E-state index < -0.39 is 0 Å². The quantitative estimate of drug-likeness (QED) is 0.282. The van der Waals surface area contributed by atoms with E-state index in [1.807, 2.05) is 13.8 Å². The molecule has 0 spiro atoms. The minimum Gasteiger partial charge on any atom is -0.375 e. The summed E-state index contributed by atoms with van der Waals surface area (Å²) >= 11 is 0. The van der Waals surface area contributed by atoms with E-state index in [9.17, 15) is 0 Å². The third-order valence-corrected chi connectivity index (χ3v) is 7.64. The molecule has 0 unspecified atom stereocenters. The number of para-hydroxylation sites is 3. The topological polar surface area (TPSA) is 9.86 Å². The maximum atomic E-state index is 4.55.